The molecule has 1 aromatic carbocycles. The lowest BCUT2D eigenvalue weighted by Gasteiger charge is -2.30. The number of hydrogen-bond donors (Lipinski definition) is 1. The van der Waals surface area contributed by atoms with Crippen LogP contribution >= 0.6 is 12.2 Å². The van der Waals surface area contributed by atoms with Crippen LogP contribution in [0.3, 0.4) is 0 Å². The first-order valence-electron chi connectivity index (χ1n) is 10.0. The normalized spacial score (nSPS) is 18.9. The van der Waals surface area contributed by atoms with E-state index in [9.17, 15) is 0 Å². The van der Waals surface area contributed by atoms with Crippen molar-refractivity contribution in [2.75, 3.05) is 11.5 Å². The summed E-state index contributed by atoms with van der Waals surface area (Å²) < 4.78 is 7.91. The molecule has 1 N–H and O–H groups in total. The Kier molecular flexibility index (Phi) is 5.53. The van der Waals surface area contributed by atoms with Gasteiger partial charge in [0.05, 0.1) is 18.3 Å². The van der Waals surface area contributed by atoms with E-state index in [1.807, 2.05) is 37.4 Å². The van der Waals surface area contributed by atoms with Crippen molar-refractivity contribution >= 4 is 23.0 Å². The molecule has 0 unspecified atom stereocenters. The summed E-state index contributed by atoms with van der Waals surface area (Å²) in [6.45, 7) is 7.03. The van der Waals surface area contributed by atoms with E-state index in [-0.39, 0.29) is 12.1 Å². The van der Waals surface area contributed by atoms with Crippen molar-refractivity contribution in [1.29, 1.82) is 0 Å². The third kappa shape index (κ3) is 3.72. The molecular formula is C23H26N4OS. The molecule has 0 saturated carbocycles. The third-order valence-electron chi connectivity index (χ3n) is 5.20. The van der Waals surface area contributed by atoms with E-state index in [2.05, 4.69) is 70.1 Å². The van der Waals surface area contributed by atoms with Gasteiger partial charge in [0.2, 0.25) is 0 Å². The average molecular weight is 407 g/mol. The van der Waals surface area contributed by atoms with E-state index >= 15 is 0 Å². The van der Waals surface area contributed by atoms with Crippen LogP contribution in [0.5, 0.6) is 5.75 Å². The zero-order chi connectivity index (χ0) is 20.4. The van der Waals surface area contributed by atoms with E-state index in [1.165, 1.54) is 5.69 Å². The molecule has 1 fully saturated rings. The number of nitrogens with zero attached hydrogens (tertiary/aromatic N) is 3. The Labute approximate surface area is 177 Å². The third-order valence-corrected chi connectivity index (χ3v) is 5.51. The Morgan fingerprint density at radius 1 is 1.10 bits per heavy atom. The number of benzene rings is 1. The molecule has 0 radical (unpaired) electrons. The molecule has 1 saturated heterocycles. The largest absolute Gasteiger partial charge is 0.494 e. The highest BCUT2D eigenvalue weighted by atomic mass is 32.1. The van der Waals surface area contributed by atoms with Crippen LogP contribution in [0, 0.1) is 0 Å². The van der Waals surface area contributed by atoms with Crippen LogP contribution in [-0.2, 0) is 0 Å². The van der Waals surface area contributed by atoms with E-state index in [4.69, 9.17) is 17.0 Å². The van der Waals surface area contributed by atoms with Crippen LogP contribution in [0.15, 0.2) is 67.0 Å². The molecule has 4 rings (SSSR count). The van der Waals surface area contributed by atoms with Gasteiger partial charge in [0.15, 0.2) is 5.11 Å². The predicted molar refractivity (Wildman–Crippen MR) is 120 cm³/mol. The Morgan fingerprint density at radius 2 is 1.90 bits per heavy atom. The molecule has 29 heavy (non-hydrogen) atoms. The maximum Gasteiger partial charge on any atom is 0.174 e. The maximum atomic E-state index is 5.79. The lowest BCUT2D eigenvalue weighted by molar-refractivity contribution is 0.340. The van der Waals surface area contributed by atoms with E-state index in [0.717, 1.165) is 17.1 Å². The topological polar surface area (TPSA) is 42.3 Å². The lowest BCUT2D eigenvalue weighted by Crippen LogP contribution is -2.30. The minimum atomic E-state index is -0.0392. The number of pyridine rings is 1. The van der Waals surface area contributed by atoms with Gasteiger partial charge < -0.3 is 19.5 Å². The zero-order valence-corrected chi connectivity index (χ0v) is 17.8. The van der Waals surface area contributed by atoms with E-state index in [1.54, 1.807) is 0 Å². The summed E-state index contributed by atoms with van der Waals surface area (Å²) in [6.07, 6.45) is 3.96. The van der Waals surface area contributed by atoms with Crippen LogP contribution in [0.2, 0.25) is 0 Å². The predicted octanol–water partition coefficient (Wildman–Crippen LogP) is 5.04. The van der Waals surface area contributed by atoms with Gasteiger partial charge >= 0.3 is 0 Å². The molecule has 1 aliphatic heterocycles. The second kappa shape index (κ2) is 8.25. The van der Waals surface area contributed by atoms with Crippen molar-refractivity contribution in [2.45, 2.75) is 38.9 Å². The monoisotopic (exact) mass is 406 g/mol. The number of nitrogens with one attached hydrogen (secondary N) is 1. The minimum Gasteiger partial charge on any atom is -0.494 e. The molecule has 3 heterocycles. The molecule has 0 spiro atoms. The zero-order valence-electron chi connectivity index (χ0n) is 16.9. The minimum absolute atomic E-state index is 0.00672. The molecule has 2 atom stereocenters. The highest BCUT2D eigenvalue weighted by Crippen LogP contribution is 2.42. The Balaban J connectivity index is 1.80. The van der Waals surface area contributed by atoms with Gasteiger partial charge in [0.25, 0.3) is 0 Å². The van der Waals surface area contributed by atoms with Gasteiger partial charge in [-0.25, -0.2) is 0 Å². The van der Waals surface area contributed by atoms with Gasteiger partial charge in [-0.3, -0.25) is 4.98 Å². The van der Waals surface area contributed by atoms with Crippen LogP contribution in [0.1, 0.15) is 50.3 Å². The smallest absolute Gasteiger partial charge is 0.174 e. The first-order chi connectivity index (χ1) is 14.1. The molecular weight excluding hydrogens is 380 g/mol. The summed E-state index contributed by atoms with van der Waals surface area (Å²) in [7, 11) is 0. The number of ether oxygens (including phenoxy) is 1. The summed E-state index contributed by atoms with van der Waals surface area (Å²) in [6, 6.07) is 18.7. The number of aromatic nitrogens is 2. The second-order valence-corrected chi connectivity index (χ2v) is 7.74. The SMILES string of the molecule is CCOc1ccc(N2C(=S)N[C@@H](c3ccccn3)[C@@H]2c2cccn2C(C)C)cc1. The molecule has 2 aromatic heterocycles. The van der Waals surface area contributed by atoms with Crippen molar-refractivity contribution < 1.29 is 4.74 Å². The summed E-state index contributed by atoms with van der Waals surface area (Å²) in [4.78, 5) is 6.81. The lowest BCUT2D eigenvalue weighted by atomic mass is 10.0. The van der Waals surface area contributed by atoms with Gasteiger partial charge in [-0.2, -0.15) is 0 Å². The highest BCUT2D eigenvalue weighted by Gasteiger charge is 2.42. The van der Waals surface area contributed by atoms with Gasteiger partial charge in [-0.15, -0.1) is 0 Å². The van der Waals surface area contributed by atoms with Gasteiger partial charge in [-0.1, -0.05) is 6.07 Å². The quantitative estimate of drug-likeness (QED) is 0.581. The molecule has 0 bridgehead atoms. The first kappa shape index (κ1) is 19.5. The molecule has 1 aliphatic rings. The standard InChI is InChI=1S/C23H26N4OS/c1-4-28-18-12-10-17(11-13-18)27-22(20-9-7-15-26(20)16(2)3)21(25-23(27)29)19-8-5-6-14-24-19/h5-16,21-22H,4H2,1-3H3,(H,25,29)/t21-,22-/m0/s1. The molecule has 6 heteroatoms. The summed E-state index contributed by atoms with van der Waals surface area (Å²) in [5.41, 5.74) is 3.22. The number of hydrogen-bond acceptors (Lipinski definition) is 3. The molecule has 5 nitrogen and oxygen atoms in total. The summed E-state index contributed by atoms with van der Waals surface area (Å²) in [5, 5.41) is 4.21. The highest BCUT2D eigenvalue weighted by molar-refractivity contribution is 7.80. The summed E-state index contributed by atoms with van der Waals surface area (Å²) >= 11 is 5.79. The van der Waals surface area contributed by atoms with Gasteiger partial charge in [0.1, 0.15) is 11.8 Å². The van der Waals surface area contributed by atoms with Crippen molar-refractivity contribution in [2.24, 2.45) is 0 Å². The van der Waals surface area contributed by atoms with Crippen molar-refractivity contribution in [3.8, 4) is 5.75 Å². The maximum absolute atomic E-state index is 5.79. The molecule has 0 aliphatic carbocycles. The van der Waals surface area contributed by atoms with Gasteiger partial charge in [0, 0.05) is 29.8 Å². The Hall–Kier alpha value is -2.86. The van der Waals surface area contributed by atoms with Crippen LogP contribution in [-0.4, -0.2) is 21.3 Å². The summed E-state index contributed by atoms with van der Waals surface area (Å²) in [5.74, 6) is 0.859. The van der Waals surface area contributed by atoms with Crippen molar-refractivity contribution in [1.82, 2.24) is 14.9 Å². The second-order valence-electron chi connectivity index (χ2n) is 7.36. The fraction of sp³-hybridized carbons (Fsp3) is 0.304. The van der Waals surface area contributed by atoms with Crippen molar-refractivity contribution in [3.05, 3.63) is 78.4 Å². The number of rotatable bonds is 6. The van der Waals surface area contributed by atoms with Crippen molar-refractivity contribution in [3.63, 3.8) is 0 Å². The van der Waals surface area contributed by atoms with E-state index in [0.29, 0.717) is 17.8 Å². The Morgan fingerprint density at radius 3 is 2.55 bits per heavy atom. The number of thiocarbonyl (C=S) groups is 1. The van der Waals surface area contributed by atoms with Crippen LogP contribution in [0.4, 0.5) is 5.69 Å². The van der Waals surface area contributed by atoms with Gasteiger partial charge in [-0.05, 0) is 81.5 Å². The fourth-order valence-corrected chi connectivity index (χ4v) is 4.28. The average Bonchev–Trinajstić information content (AvgIpc) is 3.34. The van der Waals surface area contributed by atoms with E-state index < -0.39 is 0 Å². The Bertz CT molecular complexity index is 968. The molecule has 0 amide bonds. The van der Waals surface area contributed by atoms with Crippen LogP contribution in [0.25, 0.3) is 0 Å². The number of anilines is 1. The first-order valence-corrected chi connectivity index (χ1v) is 10.4. The molecule has 150 valence electrons. The molecule has 3 aromatic rings. The fourth-order valence-electron chi connectivity index (χ4n) is 3.93. The van der Waals surface area contributed by atoms with Crippen LogP contribution < -0.4 is 15.0 Å².